The van der Waals surface area contributed by atoms with Crippen molar-refractivity contribution in [1.82, 2.24) is 0 Å². The van der Waals surface area contributed by atoms with Crippen LogP contribution in [0.4, 0.5) is 0 Å². The van der Waals surface area contributed by atoms with Crippen LogP contribution in [-0.2, 0) is 50.5 Å². The fourth-order valence-corrected chi connectivity index (χ4v) is 6.60. The molecule has 1 heteroatoms. The van der Waals surface area contributed by atoms with Gasteiger partial charge in [0.1, 0.15) is 0 Å². The van der Waals surface area contributed by atoms with Crippen molar-refractivity contribution in [3.63, 3.8) is 0 Å². The molecule has 0 saturated heterocycles. The van der Waals surface area contributed by atoms with Crippen molar-refractivity contribution in [2.75, 3.05) is 0 Å². The third-order valence-electron chi connectivity index (χ3n) is 8.95. The molecule has 0 aliphatic heterocycles. The molecular weight excluding hydrogens is 539 g/mol. The molecule has 0 fully saturated rings. The third-order valence-corrected chi connectivity index (χ3v) is 8.95. The van der Waals surface area contributed by atoms with Crippen LogP contribution in [-0.4, -0.2) is 0 Å². The first-order valence-electron chi connectivity index (χ1n) is 11.6. The van der Waals surface area contributed by atoms with Gasteiger partial charge in [-0.2, -0.15) is 0 Å². The molecule has 158 valence electrons. The van der Waals surface area contributed by atoms with E-state index in [-0.39, 0.29) is 36.7 Å². The second-order valence-electron chi connectivity index (χ2n) is 10.0. The maximum absolute atomic E-state index is 2.60. The Hall–Kier alpha value is -1.47. The maximum atomic E-state index is 2.60. The van der Waals surface area contributed by atoms with Gasteiger partial charge in [-0.05, 0) is 98.8 Å². The van der Waals surface area contributed by atoms with Crippen molar-refractivity contribution >= 4 is 6.08 Å². The molecule has 1 unspecified atom stereocenters. The zero-order chi connectivity index (χ0) is 21.1. The Kier molecular flexibility index (Phi) is 5.97. The summed E-state index contributed by atoms with van der Waals surface area (Å²) in [6.07, 6.45) is 11.2. The molecule has 0 heterocycles. The van der Waals surface area contributed by atoms with E-state index in [4.69, 9.17) is 0 Å². The van der Waals surface area contributed by atoms with Crippen molar-refractivity contribution in [3.8, 4) is 0 Å². The van der Waals surface area contributed by atoms with Crippen LogP contribution in [0.15, 0.2) is 70.8 Å². The van der Waals surface area contributed by atoms with Gasteiger partial charge in [-0.3, -0.25) is 0 Å². The summed E-state index contributed by atoms with van der Waals surface area (Å²) in [5.41, 5.74) is 13.6. The summed E-state index contributed by atoms with van der Waals surface area (Å²) in [5.74, 6) is 0. The van der Waals surface area contributed by atoms with Gasteiger partial charge in [0.25, 0.3) is 0 Å². The standard InChI is InChI=1S/C30H34.Hf/c1-20-21(2)23(4)29(5,22(20)3)30(19-24-11-7-6-8-12-24)16-15-27-17-25-13-9-10-14-26(25)18-28(27)30;/h6-8,11-12,15-18H,9-10,13-14,19H2,1-5H3;. The van der Waals surface area contributed by atoms with Crippen LogP contribution >= 0.6 is 0 Å². The average Bonchev–Trinajstić information content (AvgIpc) is 3.20. The minimum Gasteiger partial charge on any atom is -0.0718 e. The monoisotopic (exact) mass is 574 g/mol. The number of aryl methyl sites for hydroxylation is 2. The van der Waals surface area contributed by atoms with Crippen LogP contribution in [0.3, 0.4) is 0 Å². The molecule has 1 atom stereocenters. The fourth-order valence-electron chi connectivity index (χ4n) is 6.60. The Bertz CT molecular complexity index is 1090. The molecule has 0 spiro atoms. The number of rotatable bonds is 3. The predicted molar refractivity (Wildman–Crippen MR) is 129 cm³/mol. The summed E-state index contributed by atoms with van der Waals surface area (Å²) >= 11 is 0. The molecule has 3 aliphatic carbocycles. The molecule has 2 aromatic rings. The molecule has 3 aliphatic rings. The van der Waals surface area contributed by atoms with E-state index < -0.39 is 0 Å². The van der Waals surface area contributed by atoms with Gasteiger partial charge in [0, 0.05) is 36.7 Å². The average molecular weight is 573 g/mol. The van der Waals surface area contributed by atoms with Gasteiger partial charge in [0.15, 0.2) is 0 Å². The van der Waals surface area contributed by atoms with Crippen LogP contribution in [0.5, 0.6) is 0 Å². The SMILES string of the molecule is CC1=C(C)C(C)(C2(Cc3ccccc3)C=Cc3cc4c(cc32)CCCC4)C(C)=C1C.[Hf]. The van der Waals surface area contributed by atoms with Gasteiger partial charge in [-0.25, -0.2) is 0 Å². The second-order valence-corrected chi connectivity index (χ2v) is 10.0. The molecule has 2 aromatic carbocycles. The van der Waals surface area contributed by atoms with Gasteiger partial charge in [-0.15, -0.1) is 0 Å². The number of fused-ring (bicyclic) bond motifs is 2. The number of hydrogen-bond donors (Lipinski definition) is 0. The Labute approximate surface area is 207 Å². The molecule has 31 heavy (non-hydrogen) atoms. The maximum Gasteiger partial charge on any atom is 0.0310 e. The molecule has 0 bridgehead atoms. The van der Waals surface area contributed by atoms with Crippen molar-refractivity contribution in [2.24, 2.45) is 5.41 Å². The zero-order valence-electron chi connectivity index (χ0n) is 19.7. The Morgan fingerprint density at radius 3 is 2.00 bits per heavy atom. The zero-order valence-corrected chi connectivity index (χ0v) is 23.3. The second kappa shape index (κ2) is 8.14. The number of hydrogen-bond acceptors (Lipinski definition) is 0. The predicted octanol–water partition coefficient (Wildman–Crippen LogP) is 7.76. The quantitative estimate of drug-likeness (QED) is 0.330. The van der Waals surface area contributed by atoms with Crippen molar-refractivity contribution in [3.05, 3.63) is 98.7 Å². The van der Waals surface area contributed by atoms with Crippen molar-refractivity contribution < 1.29 is 25.8 Å². The van der Waals surface area contributed by atoms with E-state index in [0.29, 0.717) is 0 Å². The minimum atomic E-state index is -0.0383. The normalized spacial score (nSPS) is 23.6. The number of benzene rings is 2. The first-order valence-corrected chi connectivity index (χ1v) is 11.6. The van der Waals surface area contributed by atoms with E-state index in [1.54, 1.807) is 27.8 Å². The van der Waals surface area contributed by atoms with Crippen LogP contribution in [0, 0.1) is 5.41 Å². The molecule has 0 amide bonds. The molecular formula is C30H34Hf. The molecule has 0 nitrogen and oxygen atoms in total. The van der Waals surface area contributed by atoms with E-state index in [2.05, 4.69) is 89.2 Å². The van der Waals surface area contributed by atoms with Gasteiger partial charge >= 0.3 is 0 Å². The third kappa shape index (κ3) is 3.17. The van der Waals surface area contributed by atoms with Gasteiger partial charge in [-0.1, -0.05) is 72.7 Å². The van der Waals surface area contributed by atoms with E-state index in [0.717, 1.165) is 6.42 Å². The summed E-state index contributed by atoms with van der Waals surface area (Å²) in [5, 5.41) is 0. The van der Waals surface area contributed by atoms with Crippen LogP contribution in [0.25, 0.3) is 6.08 Å². The minimum absolute atomic E-state index is 0. The Balaban J connectivity index is 0.00000231. The van der Waals surface area contributed by atoms with Gasteiger partial charge in [0.2, 0.25) is 0 Å². The van der Waals surface area contributed by atoms with Crippen molar-refractivity contribution in [2.45, 2.75) is 72.1 Å². The Morgan fingerprint density at radius 2 is 1.39 bits per heavy atom. The first-order chi connectivity index (χ1) is 14.4. The van der Waals surface area contributed by atoms with E-state index >= 15 is 0 Å². The topological polar surface area (TPSA) is 0 Å². The summed E-state index contributed by atoms with van der Waals surface area (Å²) in [6, 6.07) is 16.2. The molecule has 5 rings (SSSR count). The summed E-state index contributed by atoms with van der Waals surface area (Å²) < 4.78 is 0. The van der Waals surface area contributed by atoms with E-state index in [1.165, 1.54) is 48.0 Å². The van der Waals surface area contributed by atoms with Gasteiger partial charge in [0.05, 0.1) is 0 Å². The smallest absolute Gasteiger partial charge is 0.0310 e. The van der Waals surface area contributed by atoms with Crippen LogP contribution in [0.2, 0.25) is 0 Å². The van der Waals surface area contributed by atoms with Crippen LogP contribution in [0.1, 0.15) is 75.3 Å². The van der Waals surface area contributed by atoms with Gasteiger partial charge < -0.3 is 0 Å². The number of allylic oxidation sites excluding steroid dienone is 5. The molecule has 0 N–H and O–H groups in total. The van der Waals surface area contributed by atoms with Crippen molar-refractivity contribution in [1.29, 1.82) is 0 Å². The summed E-state index contributed by atoms with van der Waals surface area (Å²) in [7, 11) is 0. The summed E-state index contributed by atoms with van der Waals surface area (Å²) in [6.45, 7) is 11.9. The largest absolute Gasteiger partial charge is 0.0718 e. The van der Waals surface area contributed by atoms with Crippen LogP contribution < -0.4 is 0 Å². The molecule has 0 saturated carbocycles. The molecule has 0 aromatic heterocycles. The molecule has 0 radical (unpaired) electrons. The first kappa shape index (κ1) is 22.7. The van der Waals surface area contributed by atoms with E-state index in [9.17, 15) is 0 Å². The summed E-state index contributed by atoms with van der Waals surface area (Å²) in [4.78, 5) is 0. The fraction of sp³-hybridized carbons (Fsp3) is 0.400. The Morgan fingerprint density at radius 1 is 0.806 bits per heavy atom. The van der Waals surface area contributed by atoms with E-state index in [1.807, 2.05) is 0 Å².